The highest BCUT2D eigenvalue weighted by Gasteiger charge is 2.44. The van der Waals surface area contributed by atoms with E-state index in [0.717, 1.165) is 12.0 Å². The standard InChI is InChI=1S/C26H32N4O5S/c27-25(31)19-8-10-29(11-9-19)23-7-6-20(16-24(23)36(33,34)30-12-14-35-15-13-30)28-26(32)22-17-21(22)18-4-2-1-3-5-18/h1-7,16,19,21-22H,8-15,17H2,(H2,27,31)(H,28,32)/t21-,22?/m0/s1. The first kappa shape index (κ1) is 24.7. The Morgan fingerprint density at radius 3 is 2.33 bits per heavy atom. The average Bonchev–Trinajstić information content (AvgIpc) is 3.71. The fourth-order valence-corrected chi connectivity index (χ4v) is 6.82. The number of primary amides is 1. The van der Waals surface area contributed by atoms with Crippen LogP contribution in [-0.4, -0.2) is 63.9 Å². The van der Waals surface area contributed by atoms with E-state index in [-0.39, 0.29) is 47.6 Å². The molecule has 3 fully saturated rings. The lowest BCUT2D eigenvalue weighted by Gasteiger charge is -2.35. The van der Waals surface area contributed by atoms with Crippen LogP contribution in [0.1, 0.15) is 30.7 Å². The van der Waals surface area contributed by atoms with E-state index < -0.39 is 10.0 Å². The summed E-state index contributed by atoms with van der Waals surface area (Å²) in [6, 6.07) is 15.0. The zero-order valence-corrected chi connectivity index (χ0v) is 21.0. The molecule has 2 aromatic rings. The molecule has 5 rings (SSSR count). The first-order valence-corrected chi connectivity index (χ1v) is 13.9. The van der Waals surface area contributed by atoms with Crippen LogP contribution in [0.4, 0.5) is 11.4 Å². The van der Waals surface area contributed by atoms with Gasteiger partial charge in [-0.25, -0.2) is 8.42 Å². The van der Waals surface area contributed by atoms with Crippen molar-refractivity contribution >= 4 is 33.2 Å². The molecular formula is C26H32N4O5S. The van der Waals surface area contributed by atoms with Crippen LogP contribution in [0.3, 0.4) is 0 Å². The number of carbonyl (C=O) groups excluding carboxylic acids is 2. The zero-order chi connectivity index (χ0) is 25.3. The Kier molecular flexibility index (Phi) is 7.00. The number of ether oxygens (including phenoxy) is 1. The summed E-state index contributed by atoms with van der Waals surface area (Å²) in [5.74, 6) is -0.556. The number of amides is 2. The van der Waals surface area contributed by atoms with Gasteiger partial charge in [-0.3, -0.25) is 9.59 Å². The maximum atomic E-state index is 13.7. The van der Waals surface area contributed by atoms with Crippen LogP contribution in [-0.2, 0) is 24.3 Å². The third-order valence-electron chi connectivity index (χ3n) is 7.41. The number of piperidine rings is 1. The van der Waals surface area contributed by atoms with Gasteiger partial charge >= 0.3 is 0 Å². The first-order chi connectivity index (χ1) is 17.3. The van der Waals surface area contributed by atoms with Crippen molar-refractivity contribution in [3.05, 3.63) is 54.1 Å². The second-order valence-electron chi connectivity index (χ2n) is 9.71. The molecule has 2 aromatic carbocycles. The summed E-state index contributed by atoms with van der Waals surface area (Å²) in [4.78, 5) is 26.7. The number of sulfonamides is 1. The summed E-state index contributed by atoms with van der Waals surface area (Å²) in [6.45, 7) is 2.32. The molecule has 2 heterocycles. The molecule has 2 amide bonds. The van der Waals surface area contributed by atoms with Crippen molar-refractivity contribution in [3.63, 3.8) is 0 Å². The summed E-state index contributed by atoms with van der Waals surface area (Å²) in [5.41, 5.74) is 7.66. The van der Waals surface area contributed by atoms with Gasteiger partial charge in [0.05, 0.1) is 18.9 Å². The van der Waals surface area contributed by atoms with E-state index in [2.05, 4.69) is 5.32 Å². The predicted octanol–water partition coefficient (Wildman–Crippen LogP) is 2.15. The molecule has 2 aliphatic heterocycles. The Morgan fingerprint density at radius 2 is 1.67 bits per heavy atom. The maximum absolute atomic E-state index is 13.7. The third kappa shape index (κ3) is 5.11. The molecule has 36 heavy (non-hydrogen) atoms. The highest BCUT2D eigenvalue weighted by Crippen LogP contribution is 2.48. The van der Waals surface area contributed by atoms with Crippen molar-refractivity contribution in [1.29, 1.82) is 0 Å². The Labute approximate surface area is 211 Å². The monoisotopic (exact) mass is 512 g/mol. The number of hydrogen-bond acceptors (Lipinski definition) is 6. The van der Waals surface area contributed by atoms with Crippen LogP contribution in [0.2, 0.25) is 0 Å². The van der Waals surface area contributed by atoms with E-state index in [0.29, 0.717) is 50.5 Å². The van der Waals surface area contributed by atoms with E-state index in [1.54, 1.807) is 18.2 Å². The summed E-state index contributed by atoms with van der Waals surface area (Å²) in [7, 11) is -3.82. The molecule has 0 radical (unpaired) electrons. The first-order valence-electron chi connectivity index (χ1n) is 12.5. The lowest BCUT2D eigenvalue weighted by Crippen LogP contribution is -2.42. The molecule has 0 aromatic heterocycles. The topological polar surface area (TPSA) is 122 Å². The van der Waals surface area contributed by atoms with Crippen molar-refractivity contribution in [2.75, 3.05) is 49.6 Å². The van der Waals surface area contributed by atoms with Gasteiger partial charge in [-0.2, -0.15) is 4.31 Å². The number of carbonyl (C=O) groups is 2. The van der Waals surface area contributed by atoms with Crippen molar-refractivity contribution < 1.29 is 22.7 Å². The number of morpholine rings is 1. The Bertz CT molecular complexity index is 1220. The smallest absolute Gasteiger partial charge is 0.245 e. The molecule has 1 aliphatic carbocycles. The van der Waals surface area contributed by atoms with E-state index in [1.807, 2.05) is 35.2 Å². The summed E-state index contributed by atoms with van der Waals surface area (Å²) in [5, 5.41) is 2.94. The molecule has 9 nitrogen and oxygen atoms in total. The summed E-state index contributed by atoms with van der Waals surface area (Å²) < 4.78 is 34.2. The Morgan fingerprint density at radius 1 is 0.972 bits per heavy atom. The number of hydrogen-bond donors (Lipinski definition) is 2. The molecule has 1 saturated carbocycles. The van der Waals surface area contributed by atoms with Crippen molar-refractivity contribution in [3.8, 4) is 0 Å². The van der Waals surface area contributed by atoms with Gasteiger partial charge < -0.3 is 20.7 Å². The van der Waals surface area contributed by atoms with Crippen molar-refractivity contribution in [1.82, 2.24) is 4.31 Å². The molecule has 10 heteroatoms. The highest BCUT2D eigenvalue weighted by molar-refractivity contribution is 7.89. The second kappa shape index (κ2) is 10.2. The number of anilines is 2. The van der Waals surface area contributed by atoms with Gasteiger partial charge in [0, 0.05) is 43.7 Å². The number of benzene rings is 2. The van der Waals surface area contributed by atoms with Gasteiger partial charge in [0.2, 0.25) is 21.8 Å². The maximum Gasteiger partial charge on any atom is 0.245 e. The van der Waals surface area contributed by atoms with Crippen LogP contribution >= 0.6 is 0 Å². The summed E-state index contributed by atoms with van der Waals surface area (Å²) in [6.07, 6.45) is 1.93. The number of nitrogens with one attached hydrogen (secondary N) is 1. The van der Waals surface area contributed by atoms with E-state index >= 15 is 0 Å². The Hall–Kier alpha value is -2.95. The van der Waals surface area contributed by atoms with Crippen LogP contribution in [0.25, 0.3) is 0 Å². The molecule has 3 aliphatic rings. The van der Waals surface area contributed by atoms with Gasteiger partial charge in [-0.1, -0.05) is 30.3 Å². The highest BCUT2D eigenvalue weighted by atomic mass is 32.2. The average molecular weight is 513 g/mol. The van der Waals surface area contributed by atoms with Gasteiger partial charge in [0.25, 0.3) is 0 Å². The molecule has 3 N–H and O–H groups in total. The van der Waals surface area contributed by atoms with Crippen LogP contribution in [0.5, 0.6) is 0 Å². The van der Waals surface area contributed by atoms with Gasteiger partial charge in [0.1, 0.15) is 4.90 Å². The molecule has 0 spiro atoms. The minimum absolute atomic E-state index is 0.103. The van der Waals surface area contributed by atoms with E-state index in [4.69, 9.17) is 10.5 Å². The van der Waals surface area contributed by atoms with Gasteiger partial charge in [0.15, 0.2) is 0 Å². The SMILES string of the molecule is NC(=O)C1CCN(c2ccc(NC(=O)C3C[C@H]3c3ccccc3)cc2S(=O)(=O)N2CCOCC2)CC1. The minimum Gasteiger partial charge on any atom is -0.379 e. The van der Waals surface area contributed by atoms with E-state index in [1.165, 1.54) is 4.31 Å². The zero-order valence-electron chi connectivity index (χ0n) is 20.1. The predicted molar refractivity (Wildman–Crippen MR) is 136 cm³/mol. The summed E-state index contributed by atoms with van der Waals surface area (Å²) >= 11 is 0. The minimum atomic E-state index is -3.82. The molecule has 2 atom stereocenters. The van der Waals surface area contributed by atoms with Crippen LogP contribution < -0.4 is 16.0 Å². The van der Waals surface area contributed by atoms with Crippen molar-refractivity contribution in [2.24, 2.45) is 17.6 Å². The third-order valence-corrected chi connectivity index (χ3v) is 9.34. The second-order valence-corrected chi connectivity index (χ2v) is 11.6. The lowest BCUT2D eigenvalue weighted by atomic mass is 9.96. The van der Waals surface area contributed by atoms with E-state index in [9.17, 15) is 18.0 Å². The normalized spacial score (nSPS) is 23.3. The largest absolute Gasteiger partial charge is 0.379 e. The number of nitrogens with two attached hydrogens (primary N) is 1. The lowest BCUT2D eigenvalue weighted by molar-refractivity contribution is -0.122. The number of nitrogens with zero attached hydrogens (tertiary/aromatic N) is 2. The van der Waals surface area contributed by atoms with Crippen LogP contribution in [0.15, 0.2) is 53.4 Å². The fraction of sp³-hybridized carbons (Fsp3) is 0.462. The fourth-order valence-electron chi connectivity index (χ4n) is 5.18. The molecular weight excluding hydrogens is 480 g/mol. The molecule has 192 valence electrons. The van der Waals surface area contributed by atoms with Gasteiger partial charge in [-0.15, -0.1) is 0 Å². The molecule has 1 unspecified atom stereocenters. The molecule has 0 bridgehead atoms. The van der Waals surface area contributed by atoms with Gasteiger partial charge in [-0.05, 0) is 48.9 Å². The number of rotatable bonds is 7. The molecule has 2 saturated heterocycles. The Balaban J connectivity index is 1.39. The quantitative estimate of drug-likeness (QED) is 0.586. The van der Waals surface area contributed by atoms with Crippen molar-refractivity contribution in [2.45, 2.75) is 30.1 Å². The van der Waals surface area contributed by atoms with Crippen LogP contribution in [0, 0.1) is 11.8 Å².